The molecule has 1 fully saturated rings. The first kappa shape index (κ1) is 16.7. The molecule has 1 aliphatic heterocycles. The summed E-state index contributed by atoms with van der Waals surface area (Å²) in [5, 5.41) is 16.5. The average Bonchev–Trinajstić information content (AvgIpc) is 3.13. The van der Waals surface area contributed by atoms with E-state index in [0.717, 1.165) is 38.2 Å². The van der Waals surface area contributed by atoms with Gasteiger partial charge in [0.25, 0.3) is 5.91 Å². The normalized spacial score (nSPS) is 16.0. The molecule has 3 heterocycles. The zero-order valence-electron chi connectivity index (χ0n) is 14.4. The van der Waals surface area contributed by atoms with Gasteiger partial charge in [-0.25, -0.2) is 9.50 Å². The summed E-state index contributed by atoms with van der Waals surface area (Å²) in [5.74, 6) is -0.173. The van der Waals surface area contributed by atoms with Crippen molar-refractivity contribution in [3.05, 3.63) is 60.0 Å². The number of hydrogen-bond acceptors (Lipinski definition) is 5. The first-order chi connectivity index (χ1) is 12.7. The van der Waals surface area contributed by atoms with Crippen LogP contribution < -0.4 is 5.32 Å². The molecule has 134 valence electrons. The lowest BCUT2D eigenvalue weighted by Gasteiger charge is -2.29. The van der Waals surface area contributed by atoms with Crippen LogP contribution in [0.1, 0.15) is 28.8 Å². The van der Waals surface area contributed by atoms with Gasteiger partial charge in [0.2, 0.25) is 0 Å². The average molecular weight is 351 g/mol. The molecule has 0 aliphatic carbocycles. The Balaban J connectivity index is 1.38. The predicted octanol–water partition coefficient (Wildman–Crippen LogP) is 1.94. The Labute approximate surface area is 151 Å². The fourth-order valence-corrected chi connectivity index (χ4v) is 3.19. The van der Waals surface area contributed by atoms with E-state index in [2.05, 4.69) is 20.3 Å². The lowest BCUT2D eigenvalue weighted by molar-refractivity contribution is 0.0792. The Hall–Kier alpha value is -2.77. The van der Waals surface area contributed by atoms with E-state index in [1.807, 2.05) is 24.3 Å². The van der Waals surface area contributed by atoms with Crippen LogP contribution in [0, 0.1) is 0 Å². The van der Waals surface area contributed by atoms with Gasteiger partial charge < -0.3 is 10.4 Å². The summed E-state index contributed by atoms with van der Waals surface area (Å²) in [4.78, 5) is 18.8. The van der Waals surface area contributed by atoms with Crippen LogP contribution in [0.5, 0.6) is 0 Å². The summed E-state index contributed by atoms with van der Waals surface area (Å²) in [6.07, 6.45) is 4.70. The van der Waals surface area contributed by atoms with Crippen molar-refractivity contribution < 1.29 is 9.90 Å². The molecule has 1 saturated heterocycles. The molecule has 7 nitrogen and oxygen atoms in total. The number of nitrogens with one attached hydrogen (secondary N) is 1. The number of aliphatic hydroxyl groups excluding tert-OH is 1. The number of aliphatic hydroxyl groups is 1. The highest BCUT2D eigenvalue weighted by Gasteiger charge is 2.16. The number of hydrogen-bond donors (Lipinski definition) is 2. The Morgan fingerprint density at radius 1 is 1.19 bits per heavy atom. The van der Waals surface area contributed by atoms with Crippen molar-refractivity contribution in [3.63, 3.8) is 0 Å². The van der Waals surface area contributed by atoms with Crippen LogP contribution in [-0.2, 0) is 6.54 Å². The second-order valence-electron chi connectivity index (χ2n) is 6.64. The van der Waals surface area contributed by atoms with Crippen molar-refractivity contribution in [2.45, 2.75) is 25.5 Å². The van der Waals surface area contributed by atoms with Crippen LogP contribution >= 0.6 is 0 Å². The maximum absolute atomic E-state index is 12.4. The third kappa shape index (κ3) is 3.74. The summed E-state index contributed by atoms with van der Waals surface area (Å²) in [6.45, 7) is 2.71. The fraction of sp³-hybridized carbons (Fsp3) is 0.316. The third-order valence-corrected chi connectivity index (χ3v) is 4.72. The number of carbonyl (C=O) groups is 1. The number of rotatable bonds is 4. The van der Waals surface area contributed by atoms with Crippen LogP contribution in [0.25, 0.3) is 5.65 Å². The van der Waals surface area contributed by atoms with E-state index in [-0.39, 0.29) is 12.0 Å². The van der Waals surface area contributed by atoms with Gasteiger partial charge in [0.05, 0.1) is 6.10 Å². The lowest BCUT2D eigenvalue weighted by atomic mass is 10.1. The molecule has 3 aromatic rings. The van der Waals surface area contributed by atoms with Crippen LogP contribution in [0.4, 0.5) is 5.69 Å². The summed E-state index contributed by atoms with van der Waals surface area (Å²) in [5.41, 5.74) is 3.14. The van der Waals surface area contributed by atoms with Gasteiger partial charge >= 0.3 is 0 Å². The zero-order valence-corrected chi connectivity index (χ0v) is 14.4. The van der Waals surface area contributed by atoms with Crippen LogP contribution in [0.3, 0.4) is 0 Å². The van der Waals surface area contributed by atoms with Crippen molar-refractivity contribution >= 4 is 17.2 Å². The van der Waals surface area contributed by atoms with Gasteiger partial charge in [0, 0.05) is 37.1 Å². The lowest BCUT2D eigenvalue weighted by Crippen LogP contribution is -2.35. The fourth-order valence-electron chi connectivity index (χ4n) is 3.19. The second-order valence-corrected chi connectivity index (χ2v) is 6.64. The topological polar surface area (TPSA) is 82.8 Å². The minimum atomic E-state index is -0.173. The molecule has 0 radical (unpaired) electrons. The van der Waals surface area contributed by atoms with E-state index in [1.54, 1.807) is 22.8 Å². The first-order valence-corrected chi connectivity index (χ1v) is 8.77. The van der Waals surface area contributed by atoms with Crippen molar-refractivity contribution in [2.24, 2.45) is 0 Å². The standard InChI is InChI=1S/C19H21N5O2/c25-17-6-8-23(9-7-17)12-14-1-3-16(4-2-14)22-19(26)15-5-10-24-18(11-15)20-13-21-24/h1-5,10-11,13,17,25H,6-9,12H2,(H,22,26). The molecule has 7 heteroatoms. The summed E-state index contributed by atoms with van der Waals surface area (Å²) in [7, 11) is 0. The smallest absolute Gasteiger partial charge is 0.255 e. The van der Waals surface area contributed by atoms with Crippen LogP contribution in [0.15, 0.2) is 48.9 Å². The highest BCUT2D eigenvalue weighted by Crippen LogP contribution is 2.16. The minimum Gasteiger partial charge on any atom is -0.393 e. The maximum Gasteiger partial charge on any atom is 0.255 e. The van der Waals surface area contributed by atoms with Crippen LogP contribution in [0.2, 0.25) is 0 Å². The van der Waals surface area contributed by atoms with Gasteiger partial charge in [-0.15, -0.1) is 0 Å². The molecule has 0 atom stereocenters. The molecular formula is C19H21N5O2. The molecule has 0 bridgehead atoms. The molecule has 0 unspecified atom stereocenters. The van der Waals surface area contributed by atoms with Crippen molar-refractivity contribution in [2.75, 3.05) is 18.4 Å². The third-order valence-electron chi connectivity index (χ3n) is 4.72. The summed E-state index contributed by atoms with van der Waals surface area (Å²) in [6, 6.07) is 11.3. The number of benzene rings is 1. The van der Waals surface area contributed by atoms with Gasteiger partial charge in [-0.1, -0.05) is 12.1 Å². The monoisotopic (exact) mass is 351 g/mol. The number of piperidine rings is 1. The van der Waals surface area contributed by atoms with Crippen LogP contribution in [-0.4, -0.2) is 49.7 Å². The van der Waals surface area contributed by atoms with Gasteiger partial charge in [-0.05, 0) is 42.7 Å². The number of amides is 1. The molecular weight excluding hydrogens is 330 g/mol. The number of carbonyl (C=O) groups excluding carboxylic acids is 1. The quantitative estimate of drug-likeness (QED) is 0.751. The Kier molecular flexibility index (Phi) is 4.64. The molecule has 26 heavy (non-hydrogen) atoms. The number of aromatic nitrogens is 3. The van der Waals surface area contributed by atoms with E-state index >= 15 is 0 Å². The van der Waals surface area contributed by atoms with Crippen molar-refractivity contribution in [1.29, 1.82) is 0 Å². The number of pyridine rings is 1. The van der Waals surface area contributed by atoms with E-state index in [4.69, 9.17) is 0 Å². The van der Waals surface area contributed by atoms with Gasteiger partial charge in [-0.2, -0.15) is 5.10 Å². The van der Waals surface area contributed by atoms with Crippen molar-refractivity contribution in [1.82, 2.24) is 19.5 Å². The Bertz CT molecular complexity index is 898. The molecule has 0 spiro atoms. The SMILES string of the molecule is O=C(Nc1ccc(CN2CCC(O)CC2)cc1)c1ccn2ncnc2c1. The Morgan fingerprint density at radius 2 is 1.96 bits per heavy atom. The second kappa shape index (κ2) is 7.23. The molecule has 2 aromatic heterocycles. The summed E-state index contributed by atoms with van der Waals surface area (Å²) >= 11 is 0. The molecule has 1 aliphatic rings. The number of nitrogens with zero attached hydrogens (tertiary/aromatic N) is 4. The van der Waals surface area contributed by atoms with Gasteiger partial charge in [0.15, 0.2) is 5.65 Å². The van der Waals surface area contributed by atoms with Crippen molar-refractivity contribution in [3.8, 4) is 0 Å². The van der Waals surface area contributed by atoms with E-state index in [9.17, 15) is 9.90 Å². The molecule has 1 aromatic carbocycles. The predicted molar refractivity (Wildman–Crippen MR) is 97.9 cm³/mol. The Morgan fingerprint density at radius 3 is 2.73 bits per heavy atom. The van der Waals surface area contributed by atoms with E-state index in [1.165, 1.54) is 11.9 Å². The first-order valence-electron chi connectivity index (χ1n) is 8.77. The highest BCUT2D eigenvalue weighted by atomic mass is 16.3. The number of likely N-dealkylation sites (tertiary alicyclic amines) is 1. The number of fused-ring (bicyclic) bond motifs is 1. The number of anilines is 1. The largest absolute Gasteiger partial charge is 0.393 e. The summed E-state index contributed by atoms with van der Waals surface area (Å²) < 4.78 is 1.62. The van der Waals surface area contributed by atoms with Gasteiger partial charge in [0.1, 0.15) is 6.33 Å². The molecule has 2 N–H and O–H groups in total. The molecule has 0 saturated carbocycles. The minimum absolute atomic E-state index is 0.152. The van der Waals surface area contributed by atoms with Gasteiger partial charge in [-0.3, -0.25) is 9.69 Å². The maximum atomic E-state index is 12.4. The molecule has 1 amide bonds. The molecule has 4 rings (SSSR count). The van der Waals surface area contributed by atoms with E-state index in [0.29, 0.717) is 11.2 Å². The highest BCUT2D eigenvalue weighted by molar-refractivity contribution is 6.04. The zero-order chi connectivity index (χ0) is 17.9. The van der Waals surface area contributed by atoms with E-state index < -0.39 is 0 Å².